The van der Waals surface area contributed by atoms with Gasteiger partial charge in [0.2, 0.25) is 5.79 Å². The van der Waals surface area contributed by atoms with Crippen LogP contribution in [0.15, 0.2) is 0 Å². The fourth-order valence-electron chi connectivity index (χ4n) is 0.724. The van der Waals surface area contributed by atoms with Gasteiger partial charge >= 0.3 is 37.7 Å². The summed E-state index contributed by atoms with van der Waals surface area (Å²) in [4.78, 5) is 19.3. The van der Waals surface area contributed by atoms with E-state index in [1.54, 1.807) is 0 Å². The minimum absolute atomic E-state index is 0. The van der Waals surface area contributed by atoms with Gasteiger partial charge in [0.1, 0.15) is 5.97 Å². The van der Waals surface area contributed by atoms with E-state index in [0.717, 1.165) is 19.8 Å². The molecule has 0 aliphatic rings. The first kappa shape index (κ1) is 23.2. The van der Waals surface area contributed by atoms with Crippen molar-refractivity contribution < 1.29 is 35.1 Å². The molecule has 0 spiro atoms. The van der Waals surface area contributed by atoms with Crippen LogP contribution >= 0.6 is 0 Å². The standard InChI is InChI=1S/C7H14O4.C3H6O3.Ca/c1-2-3-4-5-7(10,11)6(8)9;1-2(4)3(5)6;/h10-11H,2-5H2,1H3,(H,8,9);2,4H,1H3,(H,5,6);/q;;+2/p-2. The van der Waals surface area contributed by atoms with Crippen LogP contribution in [0.1, 0.15) is 39.5 Å². The van der Waals surface area contributed by atoms with E-state index in [1.807, 2.05) is 6.92 Å². The van der Waals surface area contributed by atoms with Crippen LogP contribution in [-0.2, 0) is 9.59 Å². The van der Waals surface area contributed by atoms with Crippen molar-refractivity contribution in [3.63, 3.8) is 0 Å². The Labute approximate surface area is 135 Å². The molecule has 0 aliphatic heterocycles. The van der Waals surface area contributed by atoms with Crippen LogP contribution in [0.5, 0.6) is 0 Å². The molecule has 7 nitrogen and oxygen atoms in total. The number of carbonyl (C=O) groups excluding carboxylic acids is 2. The van der Waals surface area contributed by atoms with E-state index >= 15 is 0 Å². The first-order chi connectivity index (χ1) is 7.65. The molecular formula is C10H18CaO7. The largest absolute Gasteiger partial charge is 2.00 e. The zero-order chi connectivity index (χ0) is 14.1. The molecule has 3 N–H and O–H groups in total. The molecule has 0 heterocycles. The number of hydrogen-bond acceptors (Lipinski definition) is 7. The van der Waals surface area contributed by atoms with Gasteiger partial charge in [-0.05, 0) is 13.3 Å². The quantitative estimate of drug-likeness (QED) is 0.265. The minimum Gasteiger partial charge on any atom is -0.547 e. The maximum atomic E-state index is 10.0. The Hall–Kier alpha value is 0.0797. The second kappa shape index (κ2) is 12.1. The summed E-state index contributed by atoms with van der Waals surface area (Å²) >= 11 is 0. The van der Waals surface area contributed by atoms with Gasteiger partial charge in [0, 0.05) is 6.42 Å². The number of carboxylic acid groups (broad SMARTS) is 2. The average molecular weight is 290 g/mol. The molecule has 0 amide bonds. The van der Waals surface area contributed by atoms with E-state index in [9.17, 15) is 19.8 Å². The Kier molecular flexibility index (Phi) is 15.6. The van der Waals surface area contributed by atoms with Crippen LogP contribution < -0.4 is 10.2 Å². The summed E-state index contributed by atoms with van der Waals surface area (Å²) in [7, 11) is 0. The van der Waals surface area contributed by atoms with Gasteiger partial charge in [-0.15, -0.1) is 0 Å². The molecule has 0 bridgehead atoms. The number of carbonyl (C=O) groups is 2. The molecule has 0 fully saturated rings. The Morgan fingerprint density at radius 3 is 1.83 bits per heavy atom. The second-order valence-corrected chi connectivity index (χ2v) is 3.56. The van der Waals surface area contributed by atoms with Gasteiger partial charge in [-0.25, -0.2) is 0 Å². The third kappa shape index (κ3) is 14.1. The van der Waals surface area contributed by atoms with Crippen molar-refractivity contribution in [3.05, 3.63) is 0 Å². The Morgan fingerprint density at radius 1 is 1.22 bits per heavy atom. The van der Waals surface area contributed by atoms with Crippen molar-refractivity contribution in [2.24, 2.45) is 0 Å². The SMILES string of the molecule is CC(O)C(=O)[O-].CCCCCC(O)(O)C(=O)[O-].[Ca+2]. The predicted molar refractivity (Wildman–Crippen MR) is 58.8 cm³/mol. The van der Waals surface area contributed by atoms with Gasteiger partial charge in [0.05, 0.1) is 12.1 Å². The second-order valence-electron chi connectivity index (χ2n) is 3.56. The molecule has 18 heavy (non-hydrogen) atoms. The van der Waals surface area contributed by atoms with Crippen molar-refractivity contribution in [2.75, 3.05) is 0 Å². The van der Waals surface area contributed by atoms with Crippen LogP contribution in [0.3, 0.4) is 0 Å². The fraction of sp³-hybridized carbons (Fsp3) is 0.800. The number of aliphatic hydroxyl groups excluding tert-OH is 1. The molecule has 1 atom stereocenters. The van der Waals surface area contributed by atoms with Gasteiger partial charge in [-0.2, -0.15) is 0 Å². The summed E-state index contributed by atoms with van der Waals surface area (Å²) in [5.74, 6) is -5.90. The van der Waals surface area contributed by atoms with Crippen LogP contribution in [0.2, 0.25) is 0 Å². The summed E-state index contributed by atoms with van der Waals surface area (Å²) in [5.41, 5.74) is 0. The summed E-state index contributed by atoms with van der Waals surface area (Å²) in [5, 5.41) is 44.7. The number of carboxylic acids is 2. The molecule has 0 aromatic rings. The van der Waals surface area contributed by atoms with Crippen molar-refractivity contribution in [2.45, 2.75) is 51.4 Å². The van der Waals surface area contributed by atoms with Crippen LogP contribution in [0.4, 0.5) is 0 Å². The molecule has 8 heteroatoms. The van der Waals surface area contributed by atoms with E-state index in [2.05, 4.69) is 0 Å². The third-order valence-electron chi connectivity index (χ3n) is 1.80. The number of unbranched alkanes of at least 4 members (excludes halogenated alkanes) is 2. The maximum absolute atomic E-state index is 10.0. The first-order valence-corrected chi connectivity index (χ1v) is 5.20. The van der Waals surface area contributed by atoms with Crippen molar-refractivity contribution in [1.82, 2.24) is 0 Å². The van der Waals surface area contributed by atoms with Gasteiger partial charge < -0.3 is 35.1 Å². The molecule has 0 aliphatic carbocycles. The Morgan fingerprint density at radius 2 is 1.61 bits per heavy atom. The Balaban J connectivity index is -0.000000277. The molecule has 102 valence electrons. The predicted octanol–water partition coefficient (Wildman–Crippen LogP) is -3.27. The van der Waals surface area contributed by atoms with Crippen molar-refractivity contribution in [3.8, 4) is 0 Å². The molecule has 0 aromatic carbocycles. The molecule has 0 saturated heterocycles. The normalized spacial score (nSPS) is 11.6. The number of aliphatic carboxylic acids is 2. The molecule has 0 saturated carbocycles. The first-order valence-electron chi connectivity index (χ1n) is 5.20. The van der Waals surface area contributed by atoms with Gasteiger partial charge in [0.25, 0.3) is 0 Å². The molecule has 0 rings (SSSR count). The van der Waals surface area contributed by atoms with E-state index < -0.39 is 23.8 Å². The van der Waals surface area contributed by atoms with Gasteiger partial charge in [-0.1, -0.05) is 19.8 Å². The van der Waals surface area contributed by atoms with E-state index in [-0.39, 0.29) is 44.2 Å². The smallest absolute Gasteiger partial charge is 0.547 e. The topological polar surface area (TPSA) is 141 Å². The van der Waals surface area contributed by atoms with Gasteiger partial charge in [0.15, 0.2) is 0 Å². The van der Waals surface area contributed by atoms with Crippen LogP contribution in [-0.4, -0.2) is 76.9 Å². The number of aliphatic hydroxyl groups is 3. The Bertz CT molecular complexity index is 240. The molecule has 0 radical (unpaired) electrons. The monoisotopic (exact) mass is 290 g/mol. The van der Waals surface area contributed by atoms with Crippen LogP contribution in [0, 0.1) is 0 Å². The van der Waals surface area contributed by atoms with E-state index in [0.29, 0.717) is 6.42 Å². The molecular weight excluding hydrogens is 272 g/mol. The summed E-state index contributed by atoms with van der Waals surface area (Å²) in [6.45, 7) is 3.07. The van der Waals surface area contributed by atoms with E-state index in [1.165, 1.54) is 0 Å². The van der Waals surface area contributed by atoms with Crippen LogP contribution in [0.25, 0.3) is 0 Å². The zero-order valence-corrected chi connectivity index (χ0v) is 12.8. The summed E-state index contributed by atoms with van der Waals surface area (Å²) in [6, 6.07) is 0. The average Bonchev–Trinajstić information content (AvgIpc) is 2.18. The zero-order valence-electron chi connectivity index (χ0n) is 10.6. The number of hydrogen-bond donors (Lipinski definition) is 3. The maximum Gasteiger partial charge on any atom is 2.00 e. The fourth-order valence-corrected chi connectivity index (χ4v) is 0.724. The molecule has 1 unspecified atom stereocenters. The van der Waals surface area contributed by atoms with Crippen molar-refractivity contribution >= 4 is 49.7 Å². The van der Waals surface area contributed by atoms with Gasteiger partial charge in [-0.3, -0.25) is 0 Å². The molecule has 0 aromatic heterocycles. The third-order valence-corrected chi connectivity index (χ3v) is 1.80. The van der Waals surface area contributed by atoms with Crippen molar-refractivity contribution in [1.29, 1.82) is 0 Å². The number of rotatable bonds is 6. The minimum atomic E-state index is -2.64. The summed E-state index contributed by atoms with van der Waals surface area (Å²) < 4.78 is 0. The van der Waals surface area contributed by atoms with E-state index in [4.69, 9.17) is 15.3 Å². The summed E-state index contributed by atoms with van der Waals surface area (Å²) in [6.07, 6.45) is 0.671.